The summed E-state index contributed by atoms with van der Waals surface area (Å²) in [5.74, 6) is -0.224. The van der Waals surface area contributed by atoms with Crippen LogP contribution in [0.3, 0.4) is 0 Å². The van der Waals surface area contributed by atoms with E-state index in [-0.39, 0.29) is 18.2 Å². The van der Waals surface area contributed by atoms with Crippen molar-refractivity contribution in [3.63, 3.8) is 0 Å². The first-order chi connectivity index (χ1) is 11.9. The van der Waals surface area contributed by atoms with E-state index in [4.69, 9.17) is 11.6 Å². The third-order valence-corrected chi connectivity index (χ3v) is 5.92. The number of carbonyl (C=O) groups is 2. The predicted octanol–water partition coefficient (Wildman–Crippen LogP) is 4.56. The molecule has 0 saturated heterocycles. The number of anilines is 1. The number of carbonyl (C=O) groups excluding carboxylic acids is 2. The third-order valence-electron chi connectivity index (χ3n) is 3.88. The Hall–Kier alpha value is -1.50. The molecule has 0 aromatic heterocycles. The molecule has 2 aromatic rings. The Bertz CT molecular complexity index is 813. The largest absolute Gasteiger partial charge is 0.341 e. The van der Waals surface area contributed by atoms with Crippen LogP contribution in [0.4, 0.5) is 5.69 Å². The van der Waals surface area contributed by atoms with Crippen LogP contribution in [-0.4, -0.2) is 29.0 Å². The Labute approximate surface area is 164 Å². The van der Waals surface area contributed by atoms with Gasteiger partial charge in [-0.25, -0.2) is 0 Å². The fourth-order valence-corrected chi connectivity index (χ4v) is 4.04. The molecule has 130 valence electrons. The fourth-order valence-electron chi connectivity index (χ4n) is 2.52. The lowest BCUT2D eigenvalue weighted by atomic mass is 10.2. The number of halogens is 2. The predicted molar refractivity (Wildman–Crippen MR) is 105 cm³/mol. The van der Waals surface area contributed by atoms with E-state index >= 15 is 0 Å². The van der Waals surface area contributed by atoms with E-state index in [1.807, 2.05) is 30.3 Å². The third kappa shape index (κ3) is 4.57. The summed E-state index contributed by atoms with van der Waals surface area (Å²) in [6, 6.07) is 13.2. The highest BCUT2D eigenvalue weighted by Crippen LogP contribution is 2.38. The lowest BCUT2D eigenvalue weighted by Gasteiger charge is -2.25. The number of thioether (sulfide) groups is 1. The molecule has 3 rings (SSSR count). The van der Waals surface area contributed by atoms with Crippen LogP contribution < -0.4 is 5.32 Å². The van der Waals surface area contributed by atoms with Gasteiger partial charge in [-0.15, -0.1) is 11.8 Å². The van der Waals surface area contributed by atoms with Crippen molar-refractivity contribution < 1.29 is 9.59 Å². The van der Waals surface area contributed by atoms with Crippen LogP contribution in [0.15, 0.2) is 51.8 Å². The molecule has 1 unspecified atom stereocenters. The molecule has 0 aliphatic carbocycles. The molecule has 0 fully saturated rings. The van der Waals surface area contributed by atoms with Crippen LogP contribution in [-0.2, 0) is 16.1 Å². The molecule has 1 heterocycles. The zero-order valence-corrected chi connectivity index (χ0v) is 16.6. The second kappa shape index (κ2) is 7.81. The number of rotatable bonds is 4. The Kier molecular flexibility index (Phi) is 5.71. The van der Waals surface area contributed by atoms with Crippen molar-refractivity contribution in [1.29, 1.82) is 0 Å². The molecule has 4 nitrogen and oxygen atoms in total. The maximum atomic E-state index is 12.5. The summed E-state index contributed by atoms with van der Waals surface area (Å²) in [6.45, 7) is 0.511. The Morgan fingerprint density at radius 3 is 2.72 bits per heavy atom. The quantitative estimate of drug-likeness (QED) is 0.759. The molecule has 0 saturated carbocycles. The van der Waals surface area contributed by atoms with Crippen molar-refractivity contribution in [1.82, 2.24) is 4.90 Å². The number of hydrogen-bond acceptors (Lipinski definition) is 3. The average Bonchev–Trinajstić information content (AvgIpc) is 2.57. The molecule has 0 bridgehead atoms. The zero-order valence-electron chi connectivity index (χ0n) is 13.5. The number of nitrogens with one attached hydrogen (secondary N) is 1. The minimum atomic E-state index is -0.437. The molecule has 1 N–H and O–H groups in total. The Morgan fingerprint density at radius 2 is 2.00 bits per heavy atom. The maximum Gasteiger partial charge on any atom is 0.238 e. The smallest absolute Gasteiger partial charge is 0.238 e. The van der Waals surface area contributed by atoms with Crippen molar-refractivity contribution in [2.24, 2.45) is 0 Å². The monoisotopic (exact) mass is 438 g/mol. The fraction of sp³-hybridized carbons (Fsp3) is 0.222. The molecule has 7 heteroatoms. The van der Waals surface area contributed by atoms with Crippen molar-refractivity contribution in [2.75, 3.05) is 12.4 Å². The summed E-state index contributed by atoms with van der Waals surface area (Å²) < 4.78 is 0.999. The number of hydrogen-bond donors (Lipinski definition) is 1. The van der Waals surface area contributed by atoms with Crippen LogP contribution >= 0.6 is 39.3 Å². The van der Waals surface area contributed by atoms with Crippen LogP contribution in [0.25, 0.3) is 0 Å². The van der Waals surface area contributed by atoms with Gasteiger partial charge in [0.25, 0.3) is 0 Å². The topological polar surface area (TPSA) is 49.4 Å². The second-order valence-corrected chi connectivity index (χ2v) is 8.41. The molecular weight excluding hydrogens is 424 g/mol. The zero-order chi connectivity index (χ0) is 18.0. The van der Waals surface area contributed by atoms with Gasteiger partial charge in [0, 0.05) is 34.4 Å². The summed E-state index contributed by atoms with van der Waals surface area (Å²) >= 11 is 10.7. The minimum Gasteiger partial charge on any atom is -0.341 e. The van der Waals surface area contributed by atoms with Gasteiger partial charge < -0.3 is 10.2 Å². The van der Waals surface area contributed by atoms with Crippen molar-refractivity contribution in [2.45, 2.75) is 23.1 Å². The van der Waals surface area contributed by atoms with E-state index < -0.39 is 5.25 Å². The summed E-state index contributed by atoms with van der Waals surface area (Å²) in [5, 5.41) is 2.97. The van der Waals surface area contributed by atoms with Gasteiger partial charge in [0.1, 0.15) is 0 Å². The molecule has 0 spiro atoms. The first-order valence-corrected chi connectivity index (χ1v) is 9.73. The molecule has 2 amide bonds. The highest BCUT2D eigenvalue weighted by Gasteiger charge is 2.30. The summed E-state index contributed by atoms with van der Waals surface area (Å²) in [7, 11) is 1.75. The summed E-state index contributed by atoms with van der Waals surface area (Å²) in [6.07, 6.45) is 0.158. The van der Waals surface area contributed by atoms with Crippen molar-refractivity contribution in [3.05, 3.63) is 57.5 Å². The van der Waals surface area contributed by atoms with Gasteiger partial charge in [-0.3, -0.25) is 9.59 Å². The second-order valence-electron chi connectivity index (χ2n) is 5.82. The SMILES string of the molecule is CN(Cc1ccc(Br)cc1)C(=O)CC1Sc2ccc(Cl)cc2NC1=O. The molecular formula is C18H16BrClN2O2S. The van der Waals surface area contributed by atoms with Crippen LogP contribution in [0.2, 0.25) is 5.02 Å². The Morgan fingerprint density at radius 1 is 1.28 bits per heavy atom. The Balaban J connectivity index is 1.63. The maximum absolute atomic E-state index is 12.5. The van der Waals surface area contributed by atoms with E-state index in [2.05, 4.69) is 21.2 Å². The number of nitrogens with zero attached hydrogens (tertiary/aromatic N) is 1. The van der Waals surface area contributed by atoms with Crippen LogP contribution in [0, 0.1) is 0 Å². The normalized spacial score (nSPS) is 16.1. The summed E-state index contributed by atoms with van der Waals surface area (Å²) in [4.78, 5) is 27.3. The van der Waals surface area contributed by atoms with Gasteiger partial charge in [0.05, 0.1) is 10.9 Å². The highest BCUT2D eigenvalue weighted by atomic mass is 79.9. The van der Waals surface area contributed by atoms with E-state index in [0.717, 1.165) is 14.9 Å². The van der Waals surface area contributed by atoms with E-state index in [9.17, 15) is 9.59 Å². The van der Waals surface area contributed by atoms with Gasteiger partial charge in [0.2, 0.25) is 11.8 Å². The van der Waals surface area contributed by atoms with Gasteiger partial charge in [0.15, 0.2) is 0 Å². The first-order valence-electron chi connectivity index (χ1n) is 7.68. The molecule has 1 aliphatic heterocycles. The number of amides is 2. The number of benzene rings is 2. The van der Waals surface area contributed by atoms with Crippen molar-refractivity contribution in [3.8, 4) is 0 Å². The van der Waals surface area contributed by atoms with Crippen molar-refractivity contribution >= 4 is 56.8 Å². The van der Waals surface area contributed by atoms with Crippen LogP contribution in [0.5, 0.6) is 0 Å². The lowest BCUT2D eigenvalue weighted by molar-refractivity contribution is -0.131. The summed E-state index contributed by atoms with van der Waals surface area (Å²) in [5.41, 5.74) is 1.74. The highest BCUT2D eigenvalue weighted by molar-refractivity contribution is 9.10. The molecule has 1 aliphatic rings. The molecule has 0 radical (unpaired) electrons. The molecule has 25 heavy (non-hydrogen) atoms. The van der Waals surface area contributed by atoms with Gasteiger partial charge in [-0.05, 0) is 35.9 Å². The van der Waals surface area contributed by atoms with Crippen LogP contribution in [0.1, 0.15) is 12.0 Å². The van der Waals surface area contributed by atoms with Gasteiger partial charge in [-0.2, -0.15) is 0 Å². The standard InChI is InChI=1S/C18H16BrClN2O2S/c1-22(10-11-2-4-12(19)5-3-11)17(23)9-16-18(24)21-14-8-13(20)6-7-15(14)25-16/h2-8,16H,9-10H2,1H3,(H,21,24). The van der Waals surface area contributed by atoms with Gasteiger partial charge in [-0.1, -0.05) is 39.7 Å². The number of fused-ring (bicyclic) bond motifs is 1. The molecule has 2 aromatic carbocycles. The molecule has 1 atom stereocenters. The van der Waals surface area contributed by atoms with E-state index in [0.29, 0.717) is 17.3 Å². The van der Waals surface area contributed by atoms with E-state index in [1.54, 1.807) is 24.1 Å². The van der Waals surface area contributed by atoms with E-state index in [1.165, 1.54) is 11.8 Å². The first kappa shape index (κ1) is 18.3. The lowest BCUT2D eigenvalue weighted by Crippen LogP contribution is -2.35. The van der Waals surface area contributed by atoms with Gasteiger partial charge >= 0.3 is 0 Å². The minimum absolute atomic E-state index is 0.0621. The average molecular weight is 440 g/mol.